The quantitative estimate of drug-likeness (QED) is 0.545. The Bertz CT molecular complexity index is 877. The Morgan fingerprint density at radius 1 is 1.09 bits per heavy atom. The van der Waals surface area contributed by atoms with Crippen molar-refractivity contribution in [3.63, 3.8) is 0 Å². The first kappa shape index (κ1) is 23.8. The van der Waals surface area contributed by atoms with Crippen molar-refractivity contribution in [2.24, 2.45) is 5.92 Å². The minimum Gasteiger partial charge on any atom is -0.385 e. The number of carbonyl (C=O) groups excluding carboxylic acids is 2. The zero-order chi connectivity index (χ0) is 22.8. The number of nitrogens with one attached hydrogen (secondary N) is 2. The van der Waals surface area contributed by atoms with Crippen LogP contribution in [0, 0.1) is 5.92 Å². The van der Waals surface area contributed by atoms with E-state index in [0.717, 1.165) is 43.6 Å². The molecule has 172 valence electrons. The van der Waals surface area contributed by atoms with Crippen molar-refractivity contribution in [3.8, 4) is 0 Å². The number of piperidine rings is 1. The van der Waals surface area contributed by atoms with E-state index in [2.05, 4.69) is 22.5 Å². The summed E-state index contributed by atoms with van der Waals surface area (Å²) >= 11 is 0. The van der Waals surface area contributed by atoms with Crippen LogP contribution in [0.4, 0.5) is 11.4 Å². The van der Waals surface area contributed by atoms with Gasteiger partial charge in [-0.1, -0.05) is 37.3 Å². The van der Waals surface area contributed by atoms with E-state index in [4.69, 9.17) is 4.74 Å². The predicted molar refractivity (Wildman–Crippen MR) is 129 cm³/mol. The summed E-state index contributed by atoms with van der Waals surface area (Å²) in [6.45, 7) is 5.31. The summed E-state index contributed by atoms with van der Waals surface area (Å²) in [5, 5.41) is 5.95. The Kier molecular flexibility index (Phi) is 9.11. The highest BCUT2D eigenvalue weighted by Crippen LogP contribution is 2.29. The highest BCUT2D eigenvalue weighted by Gasteiger charge is 2.21. The van der Waals surface area contributed by atoms with Gasteiger partial charge < -0.3 is 20.3 Å². The van der Waals surface area contributed by atoms with Crippen molar-refractivity contribution in [1.29, 1.82) is 0 Å². The third kappa shape index (κ3) is 7.09. The van der Waals surface area contributed by atoms with Gasteiger partial charge in [0.05, 0.1) is 5.56 Å². The molecule has 32 heavy (non-hydrogen) atoms. The van der Waals surface area contributed by atoms with Crippen LogP contribution in [0.1, 0.15) is 48.5 Å². The van der Waals surface area contributed by atoms with Gasteiger partial charge in [0, 0.05) is 51.1 Å². The number of aryl methyl sites for hydroxylation is 1. The zero-order valence-corrected chi connectivity index (χ0v) is 19.2. The summed E-state index contributed by atoms with van der Waals surface area (Å²) in [6, 6.07) is 15.6. The van der Waals surface area contributed by atoms with Crippen molar-refractivity contribution in [1.82, 2.24) is 5.32 Å². The van der Waals surface area contributed by atoms with Gasteiger partial charge in [0.2, 0.25) is 5.91 Å². The topological polar surface area (TPSA) is 70.7 Å². The number of ether oxygens (including phenoxy) is 1. The van der Waals surface area contributed by atoms with Crippen LogP contribution in [0.5, 0.6) is 0 Å². The third-order valence-corrected chi connectivity index (χ3v) is 5.94. The molecule has 6 nitrogen and oxygen atoms in total. The van der Waals surface area contributed by atoms with Gasteiger partial charge in [-0.3, -0.25) is 9.59 Å². The molecule has 0 bridgehead atoms. The fourth-order valence-corrected chi connectivity index (χ4v) is 3.96. The van der Waals surface area contributed by atoms with Crippen LogP contribution in [-0.4, -0.2) is 45.2 Å². The van der Waals surface area contributed by atoms with E-state index in [1.807, 2.05) is 42.5 Å². The maximum absolute atomic E-state index is 13.0. The van der Waals surface area contributed by atoms with Gasteiger partial charge in [0.25, 0.3) is 5.91 Å². The first-order valence-electron chi connectivity index (χ1n) is 11.6. The molecule has 2 N–H and O–H groups in total. The molecule has 0 aliphatic carbocycles. The lowest BCUT2D eigenvalue weighted by molar-refractivity contribution is -0.116. The summed E-state index contributed by atoms with van der Waals surface area (Å²) in [5.41, 5.74) is 3.33. The highest BCUT2D eigenvalue weighted by molar-refractivity contribution is 6.02. The molecule has 1 saturated heterocycles. The molecular formula is C26H35N3O3. The molecule has 3 rings (SSSR count). The average molecular weight is 438 g/mol. The molecule has 2 amide bonds. The first-order chi connectivity index (χ1) is 15.6. The fourth-order valence-electron chi connectivity index (χ4n) is 3.96. The number of hydrogen-bond donors (Lipinski definition) is 2. The second-order valence-electron chi connectivity index (χ2n) is 8.54. The minimum absolute atomic E-state index is 0.0557. The Balaban J connectivity index is 1.69. The van der Waals surface area contributed by atoms with Crippen LogP contribution in [-0.2, 0) is 16.0 Å². The van der Waals surface area contributed by atoms with Gasteiger partial charge in [-0.15, -0.1) is 0 Å². The molecule has 1 aliphatic rings. The lowest BCUT2D eigenvalue weighted by Gasteiger charge is -2.33. The van der Waals surface area contributed by atoms with E-state index in [1.165, 1.54) is 0 Å². The molecule has 0 aromatic heterocycles. The zero-order valence-electron chi connectivity index (χ0n) is 19.2. The number of carbonyl (C=O) groups is 2. The SMILES string of the molecule is COCCCNC(=O)c1cc(NC(=O)CCc2ccccc2)ccc1N1CCC(C)CC1. The van der Waals surface area contributed by atoms with Crippen molar-refractivity contribution in [2.75, 3.05) is 43.6 Å². The van der Waals surface area contributed by atoms with Crippen LogP contribution in [0.3, 0.4) is 0 Å². The summed E-state index contributed by atoms with van der Waals surface area (Å²) in [7, 11) is 1.65. The lowest BCUT2D eigenvalue weighted by Crippen LogP contribution is -2.35. The number of hydrogen-bond acceptors (Lipinski definition) is 4. The largest absolute Gasteiger partial charge is 0.385 e. The van der Waals surface area contributed by atoms with Crippen molar-refractivity contribution < 1.29 is 14.3 Å². The van der Waals surface area contributed by atoms with E-state index in [-0.39, 0.29) is 11.8 Å². The molecule has 0 spiro atoms. The van der Waals surface area contributed by atoms with Crippen LogP contribution in [0.15, 0.2) is 48.5 Å². The lowest BCUT2D eigenvalue weighted by atomic mass is 9.97. The van der Waals surface area contributed by atoms with Gasteiger partial charge in [-0.25, -0.2) is 0 Å². The molecular weight excluding hydrogens is 402 g/mol. The predicted octanol–water partition coefficient (Wildman–Crippen LogP) is 4.26. The maximum Gasteiger partial charge on any atom is 0.253 e. The number of benzene rings is 2. The summed E-state index contributed by atoms with van der Waals surface area (Å²) in [4.78, 5) is 27.8. The van der Waals surface area contributed by atoms with Crippen LogP contribution in [0.25, 0.3) is 0 Å². The van der Waals surface area contributed by atoms with Crippen molar-refractivity contribution >= 4 is 23.2 Å². The molecule has 0 saturated carbocycles. The monoisotopic (exact) mass is 437 g/mol. The molecule has 0 atom stereocenters. The molecule has 0 radical (unpaired) electrons. The number of rotatable bonds is 10. The maximum atomic E-state index is 13.0. The molecule has 0 unspecified atom stereocenters. The summed E-state index contributed by atoms with van der Waals surface area (Å²) < 4.78 is 5.07. The van der Waals surface area contributed by atoms with E-state index >= 15 is 0 Å². The Morgan fingerprint density at radius 2 is 1.84 bits per heavy atom. The van der Waals surface area contributed by atoms with Crippen LogP contribution >= 0.6 is 0 Å². The molecule has 2 aromatic rings. The van der Waals surface area contributed by atoms with Gasteiger partial charge in [-0.2, -0.15) is 0 Å². The minimum atomic E-state index is -0.116. The second kappa shape index (κ2) is 12.2. The Morgan fingerprint density at radius 3 is 2.56 bits per heavy atom. The number of amides is 2. The van der Waals surface area contributed by atoms with Crippen molar-refractivity contribution in [2.45, 2.75) is 39.0 Å². The highest BCUT2D eigenvalue weighted by atomic mass is 16.5. The summed E-state index contributed by atoms with van der Waals surface area (Å²) in [5.74, 6) is 0.538. The number of methoxy groups -OCH3 is 1. The molecule has 1 fully saturated rings. The average Bonchev–Trinajstić information content (AvgIpc) is 2.82. The van der Waals surface area contributed by atoms with Crippen LogP contribution < -0.4 is 15.5 Å². The molecule has 2 aromatic carbocycles. The van der Waals surface area contributed by atoms with E-state index in [9.17, 15) is 9.59 Å². The van der Waals surface area contributed by atoms with E-state index < -0.39 is 0 Å². The van der Waals surface area contributed by atoms with Gasteiger partial charge in [-0.05, 0) is 55.4 Å². The normalized spacial score (nSPS) is 14.2. The standard InChI is InChI=1S/C26H35N3O3/c1-20-13-16-29(17-14-20)24-11-10-22(19-23(24)26(31)27-15-6-18-32-2)28-25(30)12-9-21-7-4-3-5-8-21/h3-5,7-8,10-11,19-20H,6,9,12-18H2,1-2H3,(H,27,31)(H,28,30). The fraction of sp³-hybridized carbons (Fsp3) is 0.462. The van der Waals surface area contributed by atoms with Crippen LogP contribution in [0.2, 0.25) is 0 Å². The Hall–Kier alpha value is -2.86. The van der Waals surface area contributed by atoms with Gasteiger partial charge in [0.1, 0.15) is 0 Å². The smallest absolute Gasteiger partial charge is 0.253 e. The number of nitrogens with zero attached hydrogens (tertiary/aromatic N) is 1. The molecule has 1 heterocycles. The van der Waals surface area contributed by atoms with Gasteiger partial charge in [0.15, 0.2) is 0 Å². The molecule has 6 heteroatoms. The van der Waals surface area contributed by atoms with E-state index in [0.29, 0.717) is 43.2 Å². The molecule has 1 aliphatic heterocycles. The van der Waals surface area contributed by atoms with Gasteiger partial charge >= 0.3 is 0 Å². The first-order valence-corrected chi connectivity index (χ1v) is 11.6. The van der Waals surface area contributed by atoms with E-state index in [1.54, 1.807) is 13.2 Å². The second-order valence-corrected chi connectivity index (χ2v) is 8.54. The Labute approximate surface area is 191 Å². The van der Waals surface area contributed by atoms with Crippen molar-refractivity contribution in [3.05, 3.63) is 59.7 Å². The number of anilines is 2. The third-order valence-electron chi connectivity index (χ3n) is 5.94. The summed E-state index contributed by atoms with van der Waals surface area (Å²) in [6.07, 6.45) is 4.08.